The van der Waals surface area contributed by atoms with Gasteiger partial charge in [0.25, 0.3) is 0 Å². The summed E-state index contributed by atoms with van der Waals surface area (Å²) in [4.78, 5) is 10.1. The van der Waals surface area contributed by atoms with Gasteiger partial charge < -0.3 is 14.6 Å². The van der Waals surface area contributed by atoms with Gasteiger partial charge >= 0.3 is 0 Å². The van der Waals surface area contributed by atoms with Gasteiger partial charge in [-0.3, -0.25) is 0 Å². The molecule has 2 aromatic carbocycles. The van der Waals surface area contributed by atoms with Crippen molar-refractivity contribution in [1.29, 1.82) is 0 Å². The fourth-order valence-electron chi connectivity index (χ4n) is 3.56. The smallest absolute Gasteiger partial charge is 0.178 e. The molecule has 162 valence electrons. The van der Waals surface area contributed by atoms with E-state index in [4.69, 9.17) is 16.3 Å². The highest BCUT2D eigenvalue weighted by Crippen LogP contribution is 2.39. The second kappa shape index (κ2) is 8.49. The van der Waals surface area contributed by atoms with E-state index in [-0.39, 0.29) is 5.75 Å². The standard InChI is InChI=1S/C23H24ClN3O3S/c1-4-31(28,29)17-7-5-6-15(12-17)18-8-9-20(30-11-10-27(2)3)22-21(18)19-13-16(24)14-25-23(19)26-22/h5-9,12-14H,4,10-11H2,1-3H3,(H,25,26). The molecule has 0 saturated carbocycles. The van der Waals surface area contributed by atoms with Crippen molar-refractivity contribution in [2.75, 3.05) is 33.0 Å². The van der Waals surface area contributed by atoms with Crippen molar-refractivity contribution < 1.29 is 13.2 Å². The molecule has 0 saturated heterocycles. The number of nitrogens with zero attached hydrogens (tertiary/aromatic N) is 2. The quantitative estimate of drug-likeness (QED) is 0.432. The summed E-state index contributed by atoms with van der Waals surface area (Å²) in [6.07, 6.45) is 1.60. The molecule has 0 radical (unpaired) electrons. The second-order valence-electron chi connectivity index (χ2n) is 7.62. The molecule has 31 heavy (non-hydrogen) atoms. The van der Waals surface area contributed by atoms with Crippen LogP contribution in [0.25, 0.3) is 33.1 Å². The molecular weight excluding hydrogens is 434 g/mol. The first kappa shape index (κ1) is 21.6. The van der Waals surface area contributed by atoms with Gasteiger partial charge in [0.05, 0.1) is 21.2 Å². The van der Waals surface area contributed by atoms with E-state index in [1.807, 2.05) is 38.4 Å². The Morgan fingerprint density at radius 1 is 1.16 bits per heavy atom. The number of sulfone groups is 1. The average Bonchev–Trinajstić information content (AvgIpc) is 3.13. The van der Waals surface area contributed by atoms with Gasteiger partial charge in [-0.25, -0.2) is 13.4 Å². The predicted molar refractivity (Wildman–Crippen MR) is 126 cm³/mol. The first-order valence-corrected chi connectivity index (χ1v) is 12.0. The molecule has 4 rings (SSSR count). The van der Waals surface area contributed by atoms with Crippen molar-refractivity contribution in [3.63, 3.8) is 0 Å². The fraction of sp³-hybridized carbons (Fsp3) is 0.261. The van der Waals surface area contributed by atoms with Crippen molar-refractivity contribution in [3.05, 3.63) is 53.7 Å². The van der Waals surface area contributed by atoms with Gasteiger partial charge in [0, 0.05) is 23.5 Å². The first-order chi connectivity index (χ1) is 14.8. The van der Waals surface area contributed by atoms with Crippen molar-refractivity contribution >= 4 is 43.4 Å². The third kappa shape index (κ3) is 4.26. The number of aromatic amines is 1. The van der Waals surface area contributed by atoms with E-state index in [1.54, 1.807) is 31.3 Å². The summed E-state index contributed by atoms with van der Waals surface area (Å²) in [7, 11) is 0.672. The second-order valence-corrected chi connectivity index (χ2v) is 10.3. The Morgan fingerprint density at radius 3 is 2.71 bits per heavy atom. The maximum atomic E-state index is 12.4. The Kier molecular flexibility index (Phi) is 5.92. The molecule has 8 heteroatoms. The highest BCUT2D eigenvalue weighted by molar-refractivity contribution is 7.91. The van der Waals surface area contributed by atoms with E-state index in [2.05, 4.69) is 14.9 Å². The molecule has 0 spiro atoms. The van der Waals surface area contributed by atoms with Crippen LogP contribution in [-0.2, 0) is 9.84 Å². The monoisotopic (exact) mass is 457 g/mol. The van der Waals surface area contributed by atoms with E-state index < -0.39 is 9.84 Å². The summed E-state index contributed by atoms with van der Waals surface area (Å²) in [6, 6.07) is 12.8. The summed E-state index contributed by atoms with van der Waals surface area (Å²) in [5.74, 6) is 0.768. The van der Waals surface area contributed by atoms with Crippen molar-refractivity contribution in [3.8, 4) is 16.9 Å². The lowest BCUT2D eigenvalue weighted by atomic mass is 9.99. The van der Waals surface area contributed by atoms with Gasteiger partial charge in [-0.1, -0.05) is 30.7 Å². The van der Waals surface area contributed by atoms with Gasteiger partial charge in [-0.15, -0.1) is 0 Å². The van der Waals surface area contributed by atoms with Gasteiger partial charge in [0.1, 0.15) is 18.0 Å². The van der Waals surface area contributed by atoms with Crippen LogP contribution in [0.5, 0.6) is 5.75 Å². The maximum absolute atomic E-state index is 12.4. The van der Waals surface area contributed by atoms with Crippen LogP contribution >= 0.6 is 11.6 Å². The van der Waals surface area contributed by atoms with Crippen LogP contribution in [0.2, 0.25) is 5.02 Å². The Labute approximate surface area is 186 Å². The summed E-state index contributed by atoms with van der Waals surface area (Å²) in [5, 5.41) is 2.29. The van der Waals surface area contributed by atoms with Crippen molar-refractivity contribution in [2.24, 2.45) is 0 Å². The molecule has 0 atom stereocenters. The predicted octanol–water partition coefficient (Wildman–Crippen LogP) is 4.77. The number of nitrogens with one attached hydrogen (secondary N) is 1. The Hall–Kier alpha value is -2.61. The number of halogens is 1. The number of hydrogen-bond acceptors (Lipinski definition) is 5. The zero-order chi connectivity index (χ0) is 22.2. The van der Waals surface area contributed by atoms with Crippen molar-refractivity contribution in [2.45, 2.75) is 11.8 Å². The highest BCUT2D eigenvalue weighted by Gasteiger charge is 2.18. The van der Waals surface area contributed by atoms with Gasteiger partial charge in [-0.2, -0.15) is 0 Å². The first-order valence-electron chi connectivity index (χ1n) is 10.0. The van der Waals surface area contributed by atoms with E-state index in [9.17, 15) is 8.42 Å². The molecule has 2 heterocycles. The average molecular weight is 458 g/mol. The number of aromatic nitrogens is 2. The number of pyridine rings is 1. The van der Waals surface area contributed by atoms with Crippen LogP contribution in [0.4, 0.5) is 0 Å². The number of hydrogen-bond donors (Lipinski definition) is 1. The van der Waals surface area contributed by atoms with Gasteiger partial charge in [-0.05, 0) is 55.6 Å². The number of H-pyrrole nitrogens is 1. The van der Waals surface area contributed by atoms with Gasteiger partial charge in [0.2, 0.25) is 0 Å². The lowest BCUT2D eigenvalue weighted by molar-refractivity contribution is 0.263. The summed E-state index contributed by atoms with van der Waals surface area (Å²) >= 11 is 6.24. The molecule has 0 bridgehead atoms. The lowest BCUT2D eigenvalue weighted by Gasteiger charge is -2.13. The number of rotatable bonds is 7. The molecule has 0 fully saturated rings. The van der Waals surface area contributed by atoms with Crippen molar-refractivity contribution in [1.82, 2.24) is 14.9 Å². The SMILES string of the molecule is CCS(=O)(=O)c1cccc(-c2ccc(OCCN(C)C)c3[nH]c4ncc(Cl)cc4c23)c1. The summed E-state index contributed by atoms with van der Waals surface area (Å²) in [5.41, 5.74) is 3.20. The minimum Gasteiger partial charge on any atom is -0.490 e. The molecule has 0 aliphatic carbocycles. The van der Waals surface area contributed by atoms with Crippen LogP contribution in [0.1, 0.15) is 6.92 Å². The van der Waals surface area contributed by atoms with E-state index >= 15 is 0 Å². The van der Waals surface area contributed by atoms with Crippen LogP contribution < -0.4 is 4.74 Å². The molecular formula is C23H24ClN3O3S. The number of likely N-dealkylation sites (N-methyl/N-ethyl adjacent to an activating group) is 1. The minimum atomic E-state index is -3.32. The Morgan fingerprint density at radius 2 is 1.97 bits per heavy atom. The molecule has 6 nitrogen and oxygen atoms in total. The number of benzene rings is 2. The summed E-state index contributed by atoms with van der Waals surface area (Å²) < 4.78 is 30.9. The van der Waals surface area contributed by atoms with E-state index in [0.29, 0.717) is 27.9 Å². The zero-order valence-corrected chi connectivity index (χ0v) is 19.2. The molecule has 0 amide bonds. The minimum absolute atomic E-state index is 0.0527. The van der Waals surface area contributed by atoms with Crippen LogP contribution in [0.15, 0.2) is 53.6 Å². The van der Waals surface area contributed by atoms with Crippen LogP contribution in [-0.4, -0.2) is 56.3 Å². The molecule has 0 aliphatic heterocycles. The summed E-state index contributed by atoms with van der Waals surface area (Å²) in [6.45, 7) is 2.97. The highest BCUT2D eigenvalue weighted by atomic mass is 35.5. The zero-order valence-electron chi connectivity index (χ0n) is 17.6. The largest absolute Gasteiger partial charge is 0.490 e. The molecule has 1 N–H and O–H groups in total. The topological polar surface area (TPSA) is 75.3 Å². The van der Waals surface area contributed by atoms with Crippen LogP contribution in [0.3, 0.4) is 0 Å². The van der Waals surface area contributed by atoms with E-state index in [1.165, 1.54) is 0 Å². The molecule has 0 aliphatic rings. The third-order valence-electron chi connectivity index (χ3n) is 5.21. The molecule has 0 unspecified atom stereocenters. The number of ether oxygens (including phenoxy) is 1. The maximum Gasteiger partial charge on any atom is 0.178 e. The Balaban J connectivity index is 1.93. The lowest BCUT2D eigenvalue weighted by Crippen LogP contribution is -2.19. The third-order valence-corrected chi connectivity index (χ3v) is 7.15. The van der Waals surface area contributed by atoms with Crippen LogP contribution in [0, 0.1) is 0 Å². The normalized spacial score (nSPS) is 12.2. The number of fused-ring (bicyclic) bond motifs is 3. The molecule has 4 aromatic rings. The fourth-order valence-corrected chi connectivity index (χ4v) is 4.64. The van der Waals surface area contributed by atoms with Gasteiger partial charge in [0.15, 0.2) is 9.84 Å². The molecule has 2 aromatic heterocycles. The Bertz CT molecular complexity index is 1360. The van der Waals surface area contributed by atoms with E-state index in [0.717, 1.165) is 34.0 Å².